The van der Waals surface area contributed by atoms with E-state index in [0.29, 0.717) is 29.9 Å². The Balaban J connectivity index is 1.59. The Morgan fingerprint density at radius 3 is 2.77 bits per heavy atom. The Labute approximate surface area is 127 Å². The van der Waals surface area contributed by atoms with E-state index in [2.05, 4.69) is 44.5 Å². The van der Waals surface area contributed by atoms with Crippen LogP contribution in [0.2, 0.25) is 0 Å². The van der Waals surface area contributed by atoms with Crippen LogP contribution in [0.4, 0.5) is 0 Å². The molecule has 0 unspecified atom stereocenters. The van der Waals surface area contributed by atoms with Gasteiger partial charge in [-0.2, -0.15) is 9.97 Å². The molecule has 2 heterocycles. The standard InChI is InChI=1S/C16H16N4O2/c1-10-17-14(19-21-10)9-15-18-16(22-20-15)13-8-4-6-11-5-2-3-7-12(11)13/h2-3,5,7,13H,4,6,8-9H2,1H3/t13-/m1/s1. The topological polar surface area (TPSA) is 77.8 Å². The van der Waals surface area contributed by atoms with Gasteiger partial charge in [-0.1, -0.05) is 34.6 Å². The van der Waals surface area contributed by atoms with Crippen molar-refractivity contribution in [2.24, 2.45) is 0 Å². The number of hydrogen-bond donors (Lipinski definition) is 0. The molecule has 4 rings (SSSR count). The van der Waals surface area contributed by atoms with Crippen molar-refractivity contribution in [1.82, 2.24) is 20.3 Å². The third-order valence-electron chi connectivity index (χ3n) is 4.04. The zero-order valence-corrected chi connectivity index (χ0v) is 12.3. The van der Waals surface area contributed by atoms with Crippen LogP contribution in [0.3, 0.4) is 0 Å². The second-order valence-electron chi connectivity index (χ2n) is 5.60. The normalized spacial score (nSPS) is 17.4. The lowest BCUT2D eigenvalue weighted by Gasteiger charge is -2.22. The van der Waals surface area contributed by atoms with E-state index in [1.54, 1.807) is 6.92 Å². The average Bonchev–Trinajstić information content (AvgIpc) is 3.16. The molecule has 0 spiro atoms. The molecule has 0 N–H and O–H groups in total. The highest BCUT2D eigenvalue weighted by Crippen LogP contribution is 2.35. The molecule has 1 aliphatic carbocycles. The van der Waals surface area contributed by atoms with Crippen LogP contribution >= 0.6 is 0 Å². The molecule has 1 aromatic carbocycles. The molecule has 0 amide bonds. The van der Waals surface area contributed by atoms with Crippen molar-refractivity contribution in [1.29, 1.82) is 0 Å². The first-order valence-electron chi connectivity index (χ1n) is 7.49. The van der Waals surface area contributed by atoms with Crippen molar-refractivity contribution < 1.29 is 9.05 Å². The molecule has 6 nitrogen and oxygen atoms in total. The van der Waals surface area contributed by atoms with Crippen LogP contribution < -0.4 is 0 Å². The first-order valence-corrected chi connectivity index (χ1v) is 7.49. The van der Waals surface area contributed by atoms with Crippen molar-refractivity contribution in [3.63, 3.8) is 0 Å². The van der Waals surface area contributed by atoms with E-state index in [4.69, 9.17) is 9.05 Å². The average molecular weight is 296 g/mol. The van der Waals surface area contributed by atoms with E-state index >= 15 is 0 Å². The molecular weight excluding hydrogens is 280 g/mol. The minimum absolute atomic E-state index is 0.193. The molecule has 0 bridgehead atoms. The molecule has 0 aliphatic heterocycles. The fraction of sp³-hybridized carbons (Fsp3) is 0.375. The highest BCUT2D eigenvalue weighted by Gasteiger charge is 2.26. The Morgan fingerprint density at radius 1 is 1.09 bits per heavy atom. The molecule has 0 saturated heterocycles. The summed E-state index contributed by atoms with van der Waals surface area (Å²) >= 11 is 0. The summed E-state index contributed by atoms with van der Waals surface area (Å²) in [6.07, 6.45) is 3.73. The summed E-state index contributed by atoms with van der Waals surface area (Å²) in [7, 11) is 0. The number of rotatable bonds is 3. The van der Waals surface area contributed by atoms with Crippen LogP contribution in [0.5, 0.6) is 0 Å². The van der Waals surface area contributed by atoms with Crippen LogP contribution in [-0.2, 0) is 12.8 Å². The lowest BCUT2D eigenvalue weighted by molar-refractivity contribution is 0.350. The van der Waals surface area contributed by atoms with Gasteiger partial charge in [0, 0.05) is 6.92 Å². The second kappa shape index (κ2) is 5.36. The highest BCUT2D eigenvalue weighted by atomic mass is 16.5. The third kappa shape index (κ3) is 2.41. The first kappa shape index (κ1) is 13.2. The van der Waals surface area contributed by atoms with Gasteiger partial charge in [0.15, 0.2) is 11.6 Å². The van der Waals surface area contributed by atoms with Gasteiger partial charge in [0.05, 0.1) is 12.3 Å². The summed E-state index contributed by atoms with van der Waals surface area (Å²) in [5.41, 5.74) is 2.69. The van der Waals surface area contributed by atoms with Gasteiger partial charge in [0.1, 0.15) is 0 Å². The maximum atomic E-state index is 5.49. The summed E-state index contributed by atoms with van der Waals surface area (Å²) in [4.78, 5) is 8.70. The predicted molar refractivity (Wildman–Crippen MR) is 77.4 cm³/mol. The number of aromatic nitrogens is 4. The van der Waals surface area contributed by atoms with Gasteiger partial charge < -0.3 is 9.05 Å². The van der Waals surface area contributed by atoms with Gasteiger partial charge >= 0.3 is 0 Å². The summed E-state index contributed by atoms with van der Waals surface area (Å²) in [6.45, 7) is 1.76. The van der Waals surface area contributed by atoms with E-state index in [-0.39, 0.29) is 5.92 Å². The smallest absolute Gasteiger partial charge is 0.234 e. The largest absolute Gasteiger partial charge is 0.340 e. The molecule has 112 valence electrons. The van der Waals surface area contributed by atoms with Crippen LogP contribution in [0.25, 0.3) is 0 Å². The zero-order chi connectivity index (χ0) is 14.9. The molecule has 6 heteroatoms. The monoisotopic (exact) mass is 296 g/mol. The second-order valence-corrected chi connectivity index (χ2v) is 5.60. The third-order valence-corrected chi connectivity index (χ3v) is 4.04. The fourth-order valence-electron chi connectivity index (χ4n) is 3.05. The lowest BCUT2D eigenvalue weighted by Crippen LogP contribution is -2.11. The Morgan fingerprint density at radius 2 is 1.91 bits per heavy atom. The van der Waals surface area contributed by atoms with Crippen LogP contribution in [0, 0.1) is 6.92 Å². The predicted octanol–water partition coefficient (Wildman–Crippen LogP) is 2.82. The number of fused-ring (bicyclic) bond motifs is 1. The first-order chi connectivity index (χ1) is 10.8. The summed E-state index contributed by atoms with van der Waals surface area (Å²) in [5.74, 6) is 2.59. The lowest BCUT2D eigenvalue weighted by atomic mass is 9.83. The van der Waals surface area contributed by atoms with E-state index in [9.17, 15) is 0 Å². The fourth-order valence-corrected chi connectivity index (χ4v) is 3.05. The van der Waals surface area contributed by atoms with Crippen molar-refractivity contribution in [2.75, 3.05) is 0 Å². The molecule has 0 saturated carbocycles. The van der Waals surface area contributed by atoms with Gasteiger partial charge in [-0.05, 0) is 30.4 Å². The minimum Gasteiger partial charge on any atom is -0.340 e. The molecule has 22 heavy (non-hydrogen) atoms. The molecule has 3 aromatic rings. The zero-order valence-electron chi connectivity index (χ0n) is 12.3. The Kier molecular flexibility index (Phi) is 3.21. The highest BCUT2D eigenvalue weighted by molar-refractivity contribution is 5.35. The van der Waals surface area contributed by atoms with Gasteiger partial charge in [0.2, 0.25) is 11.8 Å². The van der Waals surface area contributed by atoms with Gasteiger partial charge in [-0.3, -0.25) is 0 Å². The molecule has 2 aromatic heterocycles. The quantitative estimate of drug-likeness (QED) is 0.739. The number of benzene rings is 1. The van der Waals surface area contributed by atoms with E-state index in [0.717, 1.165) is 19.3 Å². The van der Waals surface area contributed by atoms with Gasteiger partial charge in [-0.15, -0.1) is 0 Å². The van der Waals surface area contributed by atoms with Gasteiger partial charge in [-0.25, -0.2) is 0 Å². The number of nitrogens with zero attached hydrogens (tertiary/aromatic N) is 4. The molecule has 0 radical (unpaired) electrons. The van der Waals surface area contributed by atoms with Crippen molar-refractivity contribution in [2.45, 2.75) is 38.5 Å². The van der Waals surface area contributed by atoms with Crippen LogP contribution in [0.15, 0.2) is 33.3 Å². The summed E-state index contributed by atoms with van der Waals surface area (Å²) in [6, 6.07) is 8.49. The number of aryl methyl sites for hydroxylation is 2. The minimum atomic E-state index is 0.193. The van der Waals surface area contributed by atoms with E-state index < -0.39 is 0 Å². The van der Waals surface area contributed by atoms with E-state index in [1.165, 1.54) is 11.1 Å². The molecule has 1 aliphatic rings. The van der Waals surface area contributed by atoms with Crippen molar-refractivity contribution >= 4 is 0 Å². The Hall–Kier alpha value is -2.50. The van der Waals surface area contributed by atoms with Crippen molar-refractivity contribution in [3.8, 4) is 0 Å². The van der Waals surface area contributed by atoms with Crippen LogP contribution in [-0.4, -0.2) is 20.3 Å². The molecular formula is C16H16N4O2. The SMILES string of the molecule is Cc1nc(Cc2noc([C@@H]3CCCc4ccccc43)n2)no1. The summed E-state index contributed by atoms with van der Waals surface area (Å²) < 4.78 is 10.5. The maximum absolute atomic E-state index is 5.49. The molecule has 0 fully saturated rings. The summed E-state index contributed by atoms with van der Waals surface area (Å²) in [5, 5.41) is 7.92. The Bertz CT molecular complexity index is 793. The maximum Gasteiger partial charge on any atom is 0.234 e. The van der Waals surface area contributed by atoms with E-state index in [1.807, 2.05) is 0 Å². The number of hydrogen-bond acceptors (Lipinski definition) is 6. The van der Waals surface area contributed by atoms with Gasteiger partial charge in [0.25, 0.3) is 0 Å². The van der Waals surface area contributed by atoms with Crippen molar-refractivity contribution in [3.05, 3.63) is 58.8 Å². The van der Waals surface area contributed by atoms with Crippen LogP contribution in [0.1, 0.15) is 53.3 Å². The molecule has 1 atom stereocenters.